The molecule has 1 heterocycles. The Labute approximate surface area is 200 Å². The maximum absolute atomic E-state index is 12.5. The molecule has 0 saturated carbocycles. The first-order valence-electron chi connectivity index (χ1n) is 11.4. The molecule has 192 valence electrons. The summed E-state index contributed by atoms with van der Waals surface area (Å²) in [6.07, 6.45) is 3.45. The van der Waals surface area contributed by atoms with Gasteiger partial charge < -0.3 is 24.3 Å². The summed E-state index contributed by atoms with van der Waals surface area (Å²) in [6, 6.07) is 0. The van der Waals surface area contributed by atoms with Crippen molar-refractivity contribution < 1.29 is 42.9 Å². The number of amides is 3. The molecule has 0 aromatic heterocycles. The van der Waals surface area contributed by atoms with E-state index in [2.05, 4.69) is 5.32 Å². The zero-order chi connectivity index (χ0) is 25.2. The molecule has 3 amide bonds. The average Bonchev–Trinajstić information content (AvgIpc) is 3.14. The normalized spacial score (nSPS) is 14.0. The molecule has 0 saturated heterocycles. The molecule has 11 heteroatoms. The number of carbonyl (C=O) groups excluding carboxylic acids is 5. The summed E-state index contributed by atoms with van der Waals surface area (Å²) < 4.78 is 20.5. The number of carbonyl (C=O) groups is 5. The number of Topliss-reactive ketones (excluding diaryl/α,β-unsaturated/α-hetero) is 2. The largest absolute Gasteiger partial charge is 0.382 e. The maximum Gasteiger partial charge on any atom is 0.253 e. The second kappa shape index (κ2) is 17.9. The highest BCUT2D eigenvalue weighted by atomic mass is 16.5. The molecule has 0 fully saturated rings. The van der Waals surface area contributed by atoms with Crippen LogP contribution in [0, 0.1) is 5.92 Å². The van der Waals surface area contributed by atoms with Gasteiger partial charge in [0.1, 0.15) is 12.4 Å². The summed E-state index contributed by atoms with van der Waals surface area (Å²) in [5.74, 6) is -1.95. The van der Waals surface area contributed by atoms with Crippen molar-refractivity contribution in [1.82, 2.24) is 10.2 Å². The summed E-state index contributed by atoms with van der Waals surface area (Å²) in [6.45, 7) is 2.05. The van der Waals surface area contributed by atoms with E-state index in [1.165, 1.54) is 19.3 Å². The Morgan fingerprint density at radius 2 is 1.56 bits per heavy atom. The highest BCUT2D eigenvalue weighted by Gasteiger charge is 2.24. The highest BCUT2D eigenvalue weighted by Crippen LogP contribution is 2.12. The van der Waals surface area contributed by atoms with Gasteiger partial charge in [-0.05, 0) is 12.8 Å². The smallest absolute Gasteiger partial charge is 0.253 e. The highest BCUT2D eigenvalue weighted by molar-refractivity contribution is 6.13. The average molecular weight is 485 g/mol. The fourth-order valence-corrected chi connectivity index (χ4v) is 3.10. The van der Waals surface area contributed by atoms with E-state index in [9.17, 15) is 24.0 Å². The molecule has 1 rings (SSSR count). The molecule has 1 aliphatic heterocycles. The van der Waals surface area contributed by atoms with Gasteiger partial charge in [-0.1, -0.05) is 0 Å². The molecule has 1 atom stereocenters. The van der Waals surface area contributed by atoms with E-state index in [4.69, 9.17) is 18.9 Å². The van der Waals surface area contributed by atoms with Gasteiger partial charge in [0, 0.05) is 71.2 Å². The standard InChI is InChI=1S/C23H36N2O9/c1-31-12-14-33-11-8-18(20(27)17-34-15-13-32-2)16-21(28)24-9-3-4-19(26)7-10-25-22(29)5-6-23(25)30/h5-6,18H,3-4,7-17H2,1-2H3,(H,24,28). The Morgan fingerprint density at radius 3 is 2.21 bits per heavy atom. The zero-order valence-corrected chi connectivity index (χ0v) is 20.0. The van der Waals surface area contributed by atoms with Crippen molar-refractivity contribution in [3.8, 4) is 0 Å². The van der Waals surface area contributed by atoms with Gasteiger partial charge in [-0.15, -0.1) is 0 Å². The summed E-state index contributed by atoms with van der Waals surface area (Å²) in [5, 5.41) is 2.73. The Balaban J connectivity index is 2.31. The lowest BCUT2D eigenvalue weighted by Gasteiger charge is -2.16. The molecule has 1 aliphatic rings. The van der Waals surface area contributed by atoms with Crippen molar-refractivity contribution in [2.75, 3.05) is 67.0 Å². The topological polar surface area (TPSA) is 138 Å². The van der Waals surface area contributed by atoms with Crippen LogP contribution in [-0.4, -0.2) is 101 Å². The minimum absolute atomic E-state index is 0.000237. The quantitative estimate of drug-likeness (QED) is 0.177. The summed E-state index contributed by atoms with van der Waals surface area (Å²) in [5.41, 5.74) is 0. The lowest BCUT2D eigenvalue weighted by atomic mass is 9.96. The van der Waals surface area contributed by atoms with Crippen LogP contribution in [0.2, 0.25) is 0 Å². The van der Waals surface area contributed by atoms with Gasteiger partial charge in [0.05, 0.1) is 26.4 Å². The molecule has 0 radical (unpaired) electrons. The Hall–Kier alpha value is -2.47. The number of ketones is 2. The van der Waals surface area contributed by atoms with Gasteiger partial charge in [0.2, 0.25) is 5.91 Å². The molecule has 1 unspecified atom stereocenters. The molecule has 11 nitrogen and oxygen atoms in total. The third-order valence-corrected chi connectivity index (χ3v) is 5.08. The lowest BCUT2D eigenvalue weighted by Crippen LogP contribution is -2.32. The number of rotatable bonds is 21. The molecule has 0 aliphatic carbocycles. The predicted molar refractivity (Wildman–Crippen MR) is 121 cm³/mol. The molecule has 0 spiro atoms. The lowest BCUT2D eigenvalue weighted by molar-refractivity contribution is -0.137. The number of hydrogen-bond acceptors (Lipinski definition) is 9. The Kier molecular flexibility index (Phi) is 15.6. The fourth-order valence-electron chi connectivity index (χ4n) is 3.10. The number of hydrogen-bond donors (Lipinski definition) is 1. The maximum atomic E-state index is 12.5. The van der Waals surface area contributed by atoms with E-state index in [1.807, 2.05) is 0 Å². The zero-order valence-electron chi connectivity index (χ0n) is 20.0. The third-order valence-electron chi connectivity index (χ3n) is 5.08. The fraction of sp³-hybridized carbons (Fsp3) is 0.696. The van der Waals surface area contributed by atoms with Crippen molar-refractivity contribution in [1.29, 1.82) is 0 Å². The van der Waals surface area contributed by atoms with Crippen LogP contribution in [0.15, 0.2) is 12.2 Å². The van der Waals surface area contributed by atoms with Crippen LogP contribution in [0.1, 0.15) is 32.1 Å². The van der Waals surface area contributed by atoms with Crippen molar-refractivity contribution in [3.63, 3.8) is 0 Å². The molecule has 0 aromatic rings. The van der Waals surface area contributed by atoms with Crippen LogP contribution >= 0.6 is 0 Å². The molecular formula is C23H36N2O9. The van der Waals surface area contributed by atoms with Gasteiger partial charge in [0.25, 0.3) is 11.8 Å². The van der Waals surface area contributed by atoms with Crippen LogP contribution in [0.3, 0.4) is 0 Å². The van der Waals surface area contributed by atoms with Gasteiger partial charge in [0.15, 0.2) is 5.78 Å². The van der Waals surface area contributed by atoms with Crippen LogP contribution in [0.25, 0.3) is 0 Å². The molecular weight excluding hydrogens is 448 g/mol. The van der Waals surface area contributed by atoms with Crippen LogP contribution < -0.4 is 5.32 Å². The van der Waals surface area contributed by atoms with E-state index in [0.29, 0.717) is 39.3 Å². The van der Waals surface area contributed by atoms with Crippen molar-refractivity contribution in [2.45, 2.75) is 32.1 Å². The van der Waals surface area contributed by atoms with Gasteiger partial charge >= 0.3 is 0 Å². The van der Waals surface area contributed by atoms with Crippen LogP contribution in [-0.2, 0) is 42.9 Å². The minimum atomic E-state index is -0.545. The second-order valence-corrected chi connectivity index (χ2v) is 7.71. The van der Waals surface area contributed by atoms with E-state index in [0.717, 1.165) is 4.90 Å². The minimum Gasteiger partial charge on any atom is -0.382 e. The van der Waals surface area contributed by atoms with E-state index in [1.54, 1.807) is 7.11 Å². The van der Waals surface area contributed by atoms with Gasteiger partial charge in [-0.3, -0.25) is 28.9 Å². The number of imide groups is 1. The monoisotopic (exact) mass is 484 g/mol. The Bertz CT molecular complexity index is 691. The van der Waals surface area contributed by atoms with Gasteiger partial charge in [-0.25, -0.2) is 0 Å². The predicted octanol–water partition coefficient (Wildman–Crippen LogP) is 0.0585. The second-order valence-electron chi connectivity index (χ2n) is 7.71. The summed E-state index contributed by atoms with van der Waals surface area (Å²) in [7, 11) is 3.11. The summed E-state index contributed by atoms with van der Waals surface area (Å²) in [4.78, 5) is 60.8. The number of methoxy groups -OCH3 is 2. The first-order chi connectivity index (χ1) is 16.4. The molecule has 0 aromatic carbocycles. The Morgan fingerprint density at radius 1 is 0.912 bits per heavy atom. The summed E-state index contributed by atoms with van der Waals surface area (Å²) >= 11 is 0. The van der Waals surface area contributed by atoms with E-state index >= 15 is 0 Å². The number of ether oxygens (including phenoxy) is 4. The van der Waals surface area contributed by atoms with E-state index in [-0.39, 0.29) is 63.0 Å². The van der Waals surface area contributed by atoms with Crippen LogP contribution in [0.5, 0.6) is 0 Å². The third kappa shape index (κ3) is 12.7. The van der Waals surface area contributed by atoms with Gasteiger partial charge in [-0.2, -0.15) is 0 Å². The first-order valence-corrected chi connectivity index (χ1v) is 11.4. The van der Waals surface area contributed by atoms with E-state index < -0.39 is 17.7 Å². The number of nitrogens with one attached hydrogen (secondary N) is 1. The molecule has 0 bridgehead atoms. The number of nitrogens with zero attached hydrogens (tertiary/aromatic N) is 1. The molecule has 34 heavy (non-hydrogen) atoms. The van der Waals surface area contributed by atoms with Crippen molar-refractivity contribution in [3.05, 3.63) is 12.2 Å². The molecule has 1 N–H and O–H groups in total. The van der Waals surface area contributed by atoms with Crippen molar-refractivity contribution >= 4 is 29.3 Å². The first kappa shape index (κ1) is 29.6. The SMILES string of the molecule is COCCOCCC(CC(=O)NCCCC(=O)CCN1C(=O)C=CC1=O)C(=O)COCCOC. The van der Waals surface area contributed by atoms with Crippen LogP contribution in [0.4, 0.5) is 0 Å². The van der Waals surface area contributed by atoms with Crippen molar-refractivity contribution in [2.24, 2.45) is 5.92 Å².